The fourth-order valence-corrected chi connectivity index (χ4v) is 1.98. The lowest BCUT2D eigenvalue weighted by molar-refractivity contribution is 0.0696. The van der Waals surface area contributed by atoms with E-state index in [0.717, 1.165) is 5.56 Å². The minimum absolute atomic E-state index is 0.0349. The van der Waals surface area contributed by atoms with Crippen LogP contribution in [0.3, 0.4) is 0 Å². The van der Waals surface area contributed by atoms with Crippen molar-refractivity contribution in [1.29, 1.82) is 0 Å². The van der Waals surface area contributed by atoms with Gasteiger partial charge in [0.15, 0.2) is 11.5 Å². The van der Waals surface area contributed by atoms with Gasteiger partial charge in [-0.2, -0.15) is 0 Å². The van der Waals surface area contributed by atoms with Crippen molar-refractivity contribution in [3.8, 4) is 28.4 Å². The molecule has 0 amide bonds. The van der Waals surface area contributed by atoms with Crippen LogP contribution < -0.4 is 9.47 Å². The van der Waals surface area contributed by atoms with Gasteiger partial charge in [-0.25, -0.2) is 4.79 Å². The minimum atomic E-state index is -1.09. The lowest BCUT2D eigenvalue weighted by atomic mass is 10.0. The molecule has 0 aliphatic carbocycles. The van der Waals surface area contributed by atoms with Gasteiger partial charge in [0.2, 0.25) is 6.79 Å². The Morgan fingerprint density at radius 2 is 1.79 bits per heavy atom. The quantitative estimate of drug-likeness (QED) is 0.865. The minimum Gasteiger partial charge on any atom is -0.508 e. The number of ether oxygens (including phenoxy) is 2. The van der Waals surface area contributed by atoms with Crippen molar-refractivity contribution in [2.24, 2.45) is 0 Å². The lowest BCUT2D eigenvalue weighted by Gasteiger charge is -2.06. The Hall–Kier alpha value is -2.69. The summed E-state index contributed by atoms with van der Waals surface area (Å²) in [7, 11) is 0. The Labute approximate surface area is 108 Å². The predicted octanol–water partition coefficient (Wildman–Crippen LogP) is 2.49. The van der Waals surface area contributed by atoms with Gasteiger partial charge in [0, 0.05) is 0 Å². The number of carbonyl (C=O) groups is 1. The molecule has 0 bridgehead atoms. The summed E-state index contributed by atoms with van der Waals surface area (Å²) >= 11 is 0. The summed E-state index contributed by atoms with van der Waals surface area (Å²) in [5, 5.41) is 18.6. The van der Waals surface area contributed by atoms with Crippen LogP contribution in [0.1, 0.15) is 10.4 Å². The maximum absolute atomic E-state index is 11.0. The van der Waals surface area contributed by atoms with Gasteiger partial charge in [0.25, 0.3) is 0 Å². The third-order valence-electron chi connectivity index (χ3n) is 2.87. The SMILES string of the molecule is O=C(O)c1cc(O)cc(-c2ccc3c(c2)OCO3)c1. The van der Waals surface area contributed by atoms with Gasteiger partial charge in [0.1, 0.15) is 5.75 Å². The van der Waals surface area contributed by atoms with Gasteiger partial charge < -0.3 is 19.7 Å². The third-order valence-corrected chi connectivity index (χ3v) is 2.87. The first-order valence-electron chi connectivity index (χ1n) is 5.61. The van der Waals surface area contributed by atoms with E-state index in [1.807, 2.05) is 0 Å². The summed E-state index contributed by atoms with van der Waals surface area (Å²) < 4.78 is 10.5. The number of phenolic OH excluding ortho intramolecular Hbond substituents is 1. The first-order valence-corrected chi connectivity index (χ1v) is 5.61. The number of hydrogen-bond acceptors (Lipinski definition) is 4. The monoisotopic (exact) mass is 258 g/mol. The van der Waals surface area contributed by atoms with E-state index < -0.39 is 5.97 Å². The van der Waals surface area contributed by atoms with E-state index in [1.54, 1.807) is 18.2 Å². The van der Waals surface area contributed by atoms with E-state index in [4.69, 9.17) is 14.6 Å². The van der Waals surface area contributed by atoms with Crippen LogP contribution in [0.5, 0.6) is 17.2 Å². The summed E-state index contributed by atoms with van der Waals surface area (Å²) in [5.41, 5.74) is 1.39. The maximum Gasteiger partial charge on any atom is 0.335 e. The van der Waals surface area contributed by atoms with Crippen LogP contribution >= 0.6 is 0 Å². The standard InChI is InChI=1S/C14H10O5/c15-11-4-9(3-10(5-11)14(16)17)8-1-2-12-13(6-8)19-7-18-12/h1-6,15H,7H2,(H,16,17). The van der Waals surface area contributed by atoms with E-state index in [1.165, 1.54) is 18.2 Å². The highest BCUT2D eigenvalue weighted by molar-refractivity contribution is 5.90. The van der Waals surface area contributed by atoms with Crippen LogP contribution in [0.25, 0.3) is 11.1 Å². The van der Waals surface area contributed by atoms with Crippen molar-refractivity contribution >= 4 is 5.97 Å². The van der Waals surface area contributed by atoms with Crippen LogP contribution in [0, 0.1) is 0 Å². The molecule has 0 aromatic heterocycles. The first kappa shape index (κ1) is 11.4. The molecule has 1 aliphatic heterocycles. The highest BCUT2D eigenvalue weighted by Crippen LogP contribution is 2.36. The van der Waals surface area contributed by atoms with E-state index in [2.05, 4.69) is 0 Å². The van der Waals surface area contributed by atoms with Crippen molar-refractivity contribution < 1.29 is 24.5 Å². The molecule has 2 aromatic carbocycles. The fourth-order valence-electron chi connectivity index (χ4n) is 1.98. The predicted molar refractivity (Wildman–Crippen MR) is 66.6 cm³/mol. The molecule has 19 heavy (non-hydrogen) atoms. The van der Waals surface area contributed by atoms with E-state index in [-0.39, 0.29) is 18.1 Å². The topological polar surface area (TPSA) is 76.0 Å². The zero-order valence-electron chi connectivity index (χ0n) is 9.79. The van der Waals surface area contributed by atoms with E-state index in [9.17, 15) is 9.90 Å². The summed E-state index contributed by atoms with van der Waals surface area (Å²) in [6.07, 6.45) is 0. The molecular weight excluding hydrogens is 248 g/mol. The molecule has 0 spiro atoms. The molecule has 5 heteroatoms. The average molecular weight is 258 g/mol. The highest BCUT2D eigenvalue weighted by Gasteiger charge is 2.15. The van der Waals surface area contributed by atoms with Crippen molar-refractivity contribution in [1.82, 2.24) is 0 Å². The molecule has 0 saturated carbocycles. The van der Waals surface area contributed by atoms with Crippen LogP contribution in [0.15, 0.2) is 36.4 Å². The molecule has 1 aliphatic rings. The molecule has 0 fully saturated rings. The second-order valence-electron chi connectivity index (χ2n) is 4.14. The number of rotatable bonds is 2. The van der Waals surface area contributed by atoms with Gasteiger partial charge in [-0.05, 0) is 41.5 Å². The zero-order chi connectivity index (χ0) is 13.4. The second kappa shape index (κ2) is 4.20. The van der Waals surface area contributed by atoms with Crippen LogP contribution in [-0.2, 0) is 0 Å². The number of fused-ring (bicyclic) bond motifs is 1. The van der Waals surface area contributed by atoms with Crippen LogP contribution in [0.4, 0.5) is 0 Å². The summed E-state index contributed by atoms with van der Waals surface area (Å²) in [4.78, 5) is 11.0. The Balaban J connectivity index is 2.09. The van der Waals surface area contributed by atoms with Crippen molar-refractivity contribution in [2.45, 2.75) is 0 Å². The molecule has 5 nitrogen and oxygen atoms in total. The lowest BCUT2D eigenvalue weighted by Crippen LogP contribution is -1.96. The molecule has 3 rings (SSSR count). The number of hydrogen-bond donors (Lipinski definition) is 2. The largest absolute Gasteiger partial charge is 0.508 e. The van der Waals surface area contributed by atoms with Crippen LogP contribution in [-0.4, -0.2) is 23.0 Å². The Morgan fingerprint density at radius 1 is 1.00 bits per heavy atom. The number of aromatic carboxylic acids is 1. The van der Waals surface area contributed by atoms with Crippen molar-refractivity contribution in [3.05, 3.63) is 42.0 Å². The molecule has 0 atom stereocenters. The smallest absolute Gasteiger partial charge is 0.335 e. The summed E-state index contributed by atoms with van der Waals surface area (Å²) in [5.74, 6) is 0.0885. The Bertz CT molecular complexity index is 663. The Kier molecular flexibility index (Phi) is 2.52. The first-order chi connectivity index (χ1) is 9.13. The number of phenols is 1. The van der Waals surface area contributed by atoms with Crippen molar-refractivity contribution in [2.75, 3.05) is 6.79 Å². The number of aromatic hydroxyl groups is 1. The highest BCUT2D eigenvalue weighted by atomic mass is 16.7. The maximum atomic E-state index is 11.0. The molecule has 96 valence electrons. The molecule has 1 heterocycles. The molecule has 2 N–H and O–H groups in total. The normalized spacial score (nSPS) is 12.4. The zero-order valence-corrected chi connectivity index (χ0v) is 9.79. The van der Waals surface area contributed by atoms with E-state index in [0.29, 0.717) is 17.1 Å². The molecule has 0 saturated heterocycles. The molecule has 0 radical (unpaired) electrons. The third kappa shape index (κ3) is 2.06. The van der Waals surface area contributed by atoms with Gasteiger partial charge in [-0.3, -0.25) is 0 Å². The number of carboxylic acid groups (broad SMARTS) is 1. The van der Waals surface area contributed by atoms with Gasteiger partial charge in [-0.1, -0.05) is 6.07 Å². The molecular formula is C14H10O5. The van der Waals surface area contributed by atoms with E-state index >= 15 is 0 Å². The summed E-state index contributed by atoms with van der Waals surface area (Å²) in [6, 6.07) is 9.50. The molecule has 0 unspecified atom stereocenters. The average Bonchev–Trinajstić information content (AvgIpc) is 2.85. The van der Waals surface area contributed by atoms with Crippen LogP contribution in [0.2, 0.25) is 0 Å². The van der Waals surface area contributed by atoms with Crippen molar-refractivity contribution in [3.63, 3.8) is 0 Å². The Morgan fingerprint density at radius 3 is 2.58 bits per heavy atom. The second-order valence-corrected chi connectivity index (χ2v) is 4.14. The molecule has 2 aromatic rings. The number of benzene rings is 2. The summed E-state index contributed by atoms with van der Waals surface area (Å²) in [6.45, 7) is 0.180. The fraction of sp³-hybridized carbons (Fsp3) is 0.0714. The van der Waals surface area contributed by atoms with Gasteiger partial charge in [0.05, 0.1) is 5.56 Å². The van der Waals surface area contributed by atoms with Gasteiger partial charge >= 0.3 is 5.97 Å². The van der Waals surface area contributed by atoms with Gasteiger partial charge in [-0.15, -0.1) is 0 Å². The number of carboxylic acids is 1.